The van der Waals surface area contributed by atoms with Crippen molar-refractivity contribution in [2.75, 3.05) is 33.4 Å². The molecule has 0 radical (unpaired) electrons. The van der Waals surface area contributed by atoms with E-state index in [1.54, 1.807) is 12.1 Å². The maximum atomic E-state index is 11.4. The number of guanidine groups is 1. The lowest BCUT2D eigenvalue weighted by molar-refractivity contribution is 0.0600. The Hall–Kier alpha value is -1.35. The van der Waals surface area contributed by atoms with E-state index in [2.05, 4.69) is 20.4 Å². The van der Waals surface area contributed by atoms with Gasteiger partial charge >= 0.3 is 5.97 Å². The molecule has 0 aliphatic heterocycles. The molecule has 136 valence electrons. The first-order chi connectivity index (χ1) is 11.2. The lowest BCUT2D eigenvalue weighted by Gasteiger charge is -2.11. The van der Waals surface area contributed by atoms with Gasteiger partial charge in [0.05, 0.1) is 19.2 Å². The number of halogens is 1. The summed E-state index contributed by atoms with van der Waals surface area (Å²) in [4.78, 5) is 15.9. The van der Waals surface area contributed by atoms with E-state index in [0.717, 1.165) is 44.2 Å². The van der Waals surface area contributed by atoms with Crippen LogP contribution < -0.4 is 10.6 Å². The normalized spacial score (nSPS) is 10.7. The Morgan fingerprint density at radius 2 is 1.88 bits per heavy atom. The third-order valence-corrected chi connectivity index (χ3v) is 3.10. The van der Waals surface area contributed by atoms with Gasteiger partial charge in [0.15, 0.2) is 5.96 Å². The Kier molecular flexibility index (Phi) is 13.2. The molecule has 24 heavy (non-hydrogen) atoms. The number of carbonyl (C=O) groups excluding carboxylic acids is 1. The van der Waals surface area contributed by atoms with E-state index >= 15 is 0 Å². The van der Waals surface area contributed by atoms with Gasteiger partial charge in [-0.25, -0.2) is 9.79 Å². The fourth-order valence-corrected chi connectivity index (χ4v) is 1.90. The number of nitrogens with one attached hydrogen (secondary N) is 2. The number of hydrogen-bond acceptors (Lipinski definition) is 4. The van der Waals surface area contributed by atoms with E-state index in [-0.39, 0.29) is 29.9 Å². The van der Waals surface area contributed by atoms with Crippen molar-refractivity contribution in [2.24, 2.45) is 4.99 Å². The second kappa shape index (κ2) is 14.0. The molecule has 0 saturated carbocycles. The second-order valence-corrected chi connectivity index (χ2v) is 4.86. The molecule has 0 spiro atoms. The smallest absolute Gasteiger partial charge is 0.337 e. The first-order valence-electron chi connectivity index (χ1n) is 7.98. The van der Waals surface area contributed by atoms with Crippen LogP contribution in [0, 0.1) is 0 Å². The highest BCUT2D eigenvalue weighted by Gasteiger charge is 2.04. The lowest BCUT2D eigenvalue weighted by Crippen LogP contribution is -2.38. The molecule has 6 nitrogen and oxygen atoms in total. The topological polar surface area (TPSA) is 72.0 Å². The largest absolute Gasteiger partial charge is 0.465 e. The Bertz CT molecular complexity index is 492. The van der Waals surface area contributed by atoms with Gasteiger partial charge in [0.1, 0.15) is 0 Å². The zero-order valence-corrected chi connectivity index (χ0v) is 17.0. The summed E-state index contributed by atoms with van der Waals surface area (Å²) in [6.45, 7) is 7.68. The average Bonchev–Trinajstić information content (AvgIpc) is 2.59. The van der Waals surface area contributed by atoms with Crippen molar-refractivity contribution in [3.8, 4) is 0 Å². The molecule has 0 aliphatic rings. The van der Waals surface area contributed by atoms with Crippen LogP contribution in [0.25, 0.3) is 0 Å². The Morgan fingerprint density at radius 3 is 2.46 bits per heavy atom. The molecule has 0 atom stereocenters. The number of hydrogen-bond donors (Lipinski definition) is 2. The molecule has 0 heterocycles. The number of aliphatic imine (C=N–C) groups is 1. The van der Waals surface area contributed by atoms with Crippen molar-refractivity contribution in [2.45, 2.75) is 26.8 Å². The highest BCUT2D eigenvalue weighted by atomic mass is 127. The molecule has 0 aliphatic carbocycles. The number of rotatable bonds is 9. The van der Waals surface area contributed by atoms with Gasteiger partial charge in [-0.05, 0) is 38.0 Å². The van der Waals surface area contributed by atoms with Gasteiger partial charge in [-0.15, -0.1) is 24.0 Å². The number of esters is 1. The molecule has 0 amide bonds. The van der Waals surface area contributed by atoms with Crippen molar-refractivity contribution in [1.29, 1.82) is 0 Å². The first kappa shape index (κ1) is 22.6. The molecular weight excluding hydrogens is 421 g/mol. The molecule has 1 rings (SSSR count). The number of nitrogens with zero attached hydrogens (tertiary/aromatic N) is 1. The first-order valence-corrected chi connectivity index (χ1v) is 7.98. The Morgan fingerprint density at radius 1 is 1.17 bits per heavy atom. The van der Waals surface area contributed by atoms with Crippen LogP contribution in [0.1, 0.15) is 36.2 Å². The molecule has 1 aromatic rings. The van der Waals surface area contributed by atoms with Crippen molar-refractivity contribution < 1.29 is 14.3 Å². The molecule has 2 N–H and O–H groups in total. The molecule has 0 bridgehead atoms. The van der Waals surface area contributed by atoms with E-state index < -0.39 is 0 Å². The monoisotopic (exact) mass is 449 g/mol. The highest BCUT2D eigenvalue weighted by Crippen LogP contribution is 2.06. The summed E-state index contributed by atoms with van der Waals surface area (Å²) in [7, 11) is 1.38. The van der Waals surface area contributed by atoms with Crippen molar-refractivity contribution in [3.05, 3.63) is 35.4 Å². The van der Waals surface area contributed by atoms with Gasteiger partial charge in [-0.2, -0.15) is 0 Å². The van der Waals surface area contributed by atoms with E-state index in [4.69, 9.17) is 4.74 Å². The molecule has 0 fully saturated rings. The molecule has 0 saturated heterocycles. The minimum Gasteiger partial charge on any atom is -0.465 e. The van der Waals surface area contributed by atoms with Gasteiger partial charge in [0.2, 0.25) is 0 Å². The van der Waals surface area contributed by atoms with E-state index in [1.165, 1.54) is 7.11 Å². The fourth-order valence-electron chi connectivity index (χ4n) is 1.90. The SMILES string of the molecule is CCNC(=NCc1ccc(C(=O)OC)cc1)NCCCOCC.I. The summed E-state index contributed by atoms with van der Waals surface area (Å²) in [5.74, 6) is 0.449. The summed E-state index contributed by atoms with van der Waals surface area (Å²) in [6, 6.07) is 7.26. The summed E-state index contributed by atoms with van der Waals surface area (Å²) in [6.07, 6.45) is 0.937. The van der Waals surface area contributed by atoms with Crippen LogP contribution in [-0.4, -0.2) is 45.3 Å². The number of benzene rings is 1. The van der Waals surface area contributed by atoms with Gasteiger partial charge < -0.3 is 20.1 Å². The highest BCUT2D eigenvalue weighted by molar-refractivity contribution is 14.0. The number of methoxy groups -OCH3 is 1. The molecule has 7 heteroatoms. The number of carbonyl (C=O) groups is 1. The third kappa shape index (κ3) is 9.07. The maximum Gasteiger partial charge on any atom is 0.337 e. The van der Waals surface area contributed by atoms with Crippen LogP contribution in [-0.2, 0) is 16.0 Å². The van der Waals surface area contributed by atoms with Crippen molar-refractivity contribution in [1.82, 2.24) is 10.6 Å². The number of ether oxygens (including phenoxy) is 2. The zero-order chi connectivity index (χ0) is 16.9. The van der Waals surface area contributed by atoms with E-state index in [0.29, 0.717) is 12.1 Å². The summed E-state index contributed by atoms with van der Waals surface area (Å²) in [5.41, 5.74) is 1.57. The third-order valence-electron chi connectivity index (χ3n) is 3.10. The van der Waals surface area contributed by atoms with Crippen LogP contribution in [0.5, 0.6) is 0 Å². The average molecular weight is 449 g/mol. The van der Waals surface area contributed by atoms with Crippen LogP contribution in [0.2, 0.25) is 0 Å². The zero-order valence-electron chi connectivity index (χ0n) is 14.6. The van der Waals surface area contributed by atoms with Gasteiger partial charge in [0.25, 0.3) is 0 Å². The van der Waals surface area contributed by atoms with Crippen molar-refractivity contribution in [3.63, 3.8) is 0 Å². The van der Waals surface area contributed by atoms with Gasteiger partial charge in [-0.1, -0.05) is 12.1 Å². The predicted octanol–water partition coefficient (Wildman–Crippen LogP) is 2.57. The quantitative estimate of drug-likeness (QED) is 0.199. The molecule has 1 aromatic carbocycles. The lowest BCUT2D eigenvalue weighted by atomic mass is 10.1. The molecule has 0 unspecified atom stereocenters. The van der Waals surface area contributed by atoms with Gasteiger partial charge in [-0.3, -0.25) is 0 Å². The van der Waals surface area contributed by atoms with Crippen LogP contribution in [0.4, 0.5) is 0 Å². The Balaban J connectivity index is 0.00000529. The standard InChI is InChI=1S/C17H27N3O3.HI/c1-4-18-17(19-11-6-12-23-5-2)20-13-14-7-9-15(10-8-14)16(21)22-3;/h7-10H,4-6,11-13H2,1-3H3,(H2,18,19,20);1H. The second-order valence-electron chi connectivity index (χ2n) is 4.86. The maximum absolute atomic E-state index is 11.4. The molecule has 0 aromatic heterocycles. The van der Waals surface area contributed by atoms with E-state index in [9.17, 15) is 4.79 Å². The fraction of sp³-hybridized carbons (Fsp3) is 0.529. The van der Waals surface area contributed by atoms with E-state index in [1.807, 2.05) is 26.0 Å². The van der Waals surface area contributed by atoms with Crippen molar-refractivity contribution >= 4 is 35.9 Å². The summed E-state index contributed by atoms with van der Waals surface area (Å²) < 4.78 is 9.99. The summed E-state index contributed by atoms with van der Waals surface area (Å²) >= 11 is 0. The van der Waals surface area contributed by atoms with Crippen LogP contribution in [0.3, 0.4) is 0 Å². The minimum absolute atomic E-state index is 0. The summed E-state index contributed by atoms with van der Waals surface area (Å²) in [5, 5.41) is 6.48. The van der Waals surface area contributed by atoms with Crippen LogP contribution in [0.15, 0.2) is 29.3 Å². The van der Waals surface area contributed by atoms with Crippen LogP contribution >= 0.6 is 24.0 Å². The minimum atomic E-state index is -0.329. The molecular formula is C17H28IN3O3. The van der Waals surface area contributed by atoms with Gasteiger partial charge in [0, 0.05) is 26.3 Å². The Labute approximate surface area is 161 Å². The predicted molar refractivity (Wildman–Crippen MR) is 107 cm³/mol.